The summed E-state index contributed by atoms with van der Waals surface area (Å²) in [4.78, 5) is 0. The van der Waals surface area contributed by atoms with Gasteiger partial charge in [0.05, 0.1) is 0 Å². The summed E-state index contributed by atoms with van der Waals surface area (Å²) in [5.41, 5.74) is 0.458. The third-order valence-corrected chi connectivity index (χ3v) is 1.09. The standard InChI is InChI=1S/C7H16N.Y/c1-7(2,3)5-6-8-4;/h5-6H2,1-4H3;/q-1;. The van der Waals surface area contributed by atoms with E-state index in [1.54, 1.807) is 0 Å². The van der Waals surface area contributed by atoms with E-state index in [1.807, 2.05) is 7.05 Å². The van der Waals surface area contributed by atoms with Crippen molar-refractivity contribution in [1.82, 2.24) is 0 Å². The van der Waals surface area contributed by atoms with Crippen molar-refractivity contribution in [2.75, 3.05) is 13.6 Å². The second-order valence-electron chi connectivity index (χ2n) is 3.35. The Morgan fingerprint density at radius 1 is 1.22 bits per heavy atom. The summed E-state index contributed by atoms with van der Waals surface area (Å²) in [5, 5.41) is 4.02. The van der Waals surface area contributed by atoms with Gasteiger partial charge in [-0.05, 0) is 5.41 Å². The molecule has 1 radical (unpaired) electrons. The van der Waals surface area contributed by atoms with Crippen LogP contribution < -0.4 is 0 Å². The summed E-state index contributed by atoms with van der Waals surface area (Å²) < 4.78 is 0. The predicted octanol–water partition coefficient (Wildman–Crippen LogP) is 2.42. The van der Waals surface area contributed by atoms with Gasteiger partial charge in [0.1, 0.15) is 0 Å². The van der Waals surface area contributed by atoms with E-state index in [0.717, 1.165) is 6.54 Å². The second-order valence-corrected chi connectivity index (χ2v) is 3.35. The Labute approximate surface area is 83.9 Å². The van der Waals surface area contributed by atoms with Gasteiger partial charge < -0.3 is 5.32 Å². The Morgan fingerprint density at radius 2 is 1.67 bits per heavy atom. The molecule has 0 aliphatic rings. The summed E-state index contributed by atoms with van der Waals surface area (Å²) >= 11 is 0. The minimum Gasteiger partial charge on any atom is -0.665 e. The third kappa shape index (κ3) is 12.3. The van der Waals surface area contributed by atoms with Gasteiger partial charge in [0.15, 0.2) is 0 Å². The first-order chi connectivity index (χ1) is 3.56. The second kappa shape index (κ2) is 5.82. The van der Waals surface area contributed by atoms with Gasteiger partial charge in [-0.15, -0.1) is 6.54 Å². The molecule has 0 aliphatic carbocycles. The van der Waals surface area contributed by atoms with Crippen LogP contribution >= 0.6 is 0 Å². The zero-order valence-corrected chi connectivity index (χ0v) is 9.78. The number of hydrogen-bond acceptors (Lipinski definition) is 0. The maximum Gasteiger partial charge on any atom is 0 e. The first-order valence-electron chi connectivity index (χ1n) is 3.12. The molecule has 0 fully saturated rings. The predicted molar refractivity (Wildman–Crippen MR) is 38.2 cm³/mol. The zero-order valence-electron chi connectivity index (χ0n) is 6.94. The van der Waals surface area contributed by atoms with Gasteiger partial charge in [0, 0.05) is 32.7 Å². The molecule has 9 heavy (non-hydrogen) atoms. The monoisotopic (exact) mass is 203 g/mol. The van der Waals surface area contributed by atoms with Crippen LogP contribution in [0.25, 0.3) is 5.32 Å². The summed E-state index contributed by atoms with van der Waals surface area (Å²) in [6.07, 6.45) is 1.20. The fraction of sp³-hybridized carbons (Fsp3) is 1.00. The molecular weight excluding hydrogens is 187 g/mol. The molecule has 0 spiro atoms. The Hall–Kier alpha value is 1.06. The molecule has 0 aromatic carbocycles. The SMILES string of the molecule is C[N-]CCC(C)(C)C.[Y]. The van der Waals surface area contributed by atoms with Crippen molar-refractivity contribution < 1.29 is 32.7 Å². The van der Waals surface area contributed by atoms with Gasteiger partial charge in [-0.3, -0.25) is 0 Å². The van der Waals surface area contributed by atoms with Crippen LogP contribution in [0.1, 0.15) is 27.2 Å². The Kier molecular flexibility index (Phi) is 8.22. The van der Waals surface area contributed by atoms with Crippen LogP contribution in [0.5, 0.6) is 0 Å². The summed E-state index contributed by atoms with van der Waals surface area (Å²) in [7, 11) is 1.87. The molecule has 0 heterocycles. The van der Waals surface area contributed by atoms with Crippen LogP contribution in [-0.2, 0) is 32.7 Å². The minimum atomic E-state index is 0. The van der Waals surface area contributed by atoms with Gasteiger partial charge in [0.25, 0.3) is 0 Å². The molecule has 0 rings (SSSR count). The molecule has 0 saturated carbocycles. The molecule has 53 valence electrons. The topological polar surface area (TPSA) is 14.1 Å². The molecule has 0 N–H and O–H groups in total. The van der Waals surface area contributed by atoms with Crippen molar-refractivity contribution in [1.29, 1.82) is 0 Å². The minimum absolute atomic E-state index is 0. The smallest absolute Gasteiger partial charge is 0 e. The van der Waals surface area contributed by atoms with E-state index in [9.17, 15) is 0 Å². The number of rotatable bonds is 2. The van der Waals surface area contributed by atoms with Crippen LogP contribution in [0, 0.1) is 5.41 Å². The van der Waals surface area contributed by atoms with Gasteiger partial charge in [-0.25, -0.2) is 0 Å². The molecule has 0 atom stereocenters. The number of nitrogens with zero attached hydrogens (tertiary/aromatic N) is 1. The van der Waals surface area contributed by atoms with E-state index >= 15 is 0 Å². The first kappa shape index (κ1) is 12.7. The van der Waals surface area contributed by atoms with E-state index in [1.165, 1.54) is 6.42 Å². The molecule has 0 saturated heterocycles. The molecule has 2 heteroatoms. The van der Waals surface area contributed by atoms with Crippen LogP contribution in [0.4, 0.5) is 0 Å². The van der Waals surface area contributed by atoms with Crippen molar-refractivity contribution in [3.8, 4) is 0 Å². The van der Waals surface area contributed by atoms with Crippen molar-refractivity contribution in [2.24, 2.45) is 5.41 Å². The van der Waals surface area contributed by atoms with Crippen LogP contribution in [0.15, 0.2) is 0 Å². The average molecular weight is 203 g/mol. The normalized spacial score (nSPS) is 10.7. The Balaban J connectivity index is 0. The van der Waals surface area contributed by atoms with Crippen LogP contribution in [0.3, 0.4) is 0 Å². The molecule has 0 aromatic rings. The number of hydrogen-bond donors (Lipinski definition) is 0. The fourth-order valence-electron chi connectivity index (χ4n) is 0.447. The van der Waals surface area contributed by atoms with Gasteiger partial charge in [-0.2, -0.15) is 7.05 Å². The van der Waals surface area contributed by atoms with Crippen molar-refractivity contribution in [3.05, 3.63) is 5.32 Å². The van der Waals surface area contributed by atoms with Crippen molar-refractivity contribution >= 4 is 0 Å². The molecule has 0 aliphatic heterocycles. The fourth-order valence-corrected chi connectivity index (χ4v) is 0.447. The first-order valence-corrected chi connectivity index (χ1v) is 3.12. The molecule has 0 amide bonds. The quantitative estimate of drug-likeness (QED) is 0.654. The largest absolute Gasteiger partial charge is 0.665 e. The van der Waals surface area contributed by atoms with Crippen molar-refractivity contribution in [3.63, 3.8) is 0 Å². The third-order valence-electron chi connectivity index (χ3n) is 1.09. The van der Waals surface area contributed by atoms with E-state index in [2.05, 4.69) is 26.1 Å². The maximum atomic E-state index is 4.02. The Morgan fingerprint density at radius 3 is 1.78 bits per heavy atom. The van der Waals surface area contributed by atoms with E-state index in [0.29, 0.717) is 5.41 Å². The average Bonchev–Trinajstić information content (AvgIpc) is 1.59. The molecule has 1 nitrogen and oxygen atoms in total. The van der Waals surface area contributed by atoms with E-state index < -0.39 is 0 Å². The van der Waals surface area contributed by atoms with Gasteiger partial charge in [0.2, 0.25) is 0 Å². The molecule has 0 aromatic heterocycles. The zero-order chi connectivity index (χ0) is 6.62. The van der Waals surface area contributed by atoms with Gasteiger partial charge >= 0.3 is 0 Å². The summed E-state index contributed by atoms with van der Waals surface area (Å²) in [5.74, 6) is 0. The van der Waals surface area contributed by atoms with Crippen LogP contribution in [0.2, 0.25) is 0 Å². The van der Waals surface area contributed by atoms with E-state index in [-0.39, 0.29) is 32.7 Å². The summed E-state index contributed by atoms with van der Waals surface area (Å²) in [6, 6.07) is 0. The van der Waals surface area contributed by atoms with Crippen molar-refractivity contribution in [2.45, 2.75) is 27.2 Å². The summed E-state index contributed by atoms with van der Waals surface area (Å²) in [6.45, 7) is 7.71. The van der Waals surface area contributed by atoms with E-state index in [4.69, 9.17) is 0 Å². The molecular formula is C7H16NY-. The molecule has 0 bridgehead atoms. The van der Waals surface area contributed by atoms with Gasteiger partial charge in [-0.1, -0.05) is 27.2 Å². The Bertz CT molecular complexity index is 56.4. The maximum absolute atomic E-state index is 4.02. The van der Waals surface area contributed by atoms with Crippen LogP contribution in [-0.4, -0.2) is 13.6 Å². The molecule has 0 unspecified atom stereocenters.